The average Bonchev–Trinajstić information content (AvgIpc) is 2.98. The minimum absolute atomic E-state index is 0.938. The van der Waals surface area contributed by atoms with E-state index in [0.717, 1.165) is 11.8 Å². The zero-order valence-corrected chi connectivity index (χ0v) is 10.3. The molecule has 0 N–H and O–H groups in total. The normalized spacial score (nSPS) is 26.7. The standard InChI is InChI=1S/C17H20/c1-2-6-14(7-3-1)8-4-5-9-16-12-15-10-11-17(16)13-15/h1-4,6-8,12,15,17H,5,9-11,13H2. The Hall–Kier alpha value is -1.30. The maximum absolute atomic E-state index is 2.56. The average molecular weight is 224 g/mol. The van der Waals surface area contributed by atoms with Crippen LogP contribution in [0, 0.1) is 11.8 Å². The highest BCUT2D eigenvalue weighted by atomic mass is 14.4. The summed E-state index contributed by atoms with van der Waals surface area (Å²) in [6.45, 7) is 0. The number of rotatable bonds is 4. The second-order valence-electron chi connectivity index (χ2n) is 5.36. The lowest BCUT2D eigenvalue weighted by atomic mass is 9.94. The molecule has 1 saturated carbocycles. The Morgan fingerprint density at radius 1 is 1.12 bits per heavy atom. The molecule has 88 valence electrons. The lowest BCUT2D eigenvalue weighted by Crippen LogP contribution is -1.96. The number of hydrogen-bond donors (Lipinski definition) is 0. The third-order valence-corrected chi connectivity index (χ3v) is 4.16. The molecule has 0 amide bonds. The van der Waals surface area contributed by atoms with E-state index >= 15 is 0 Å². The van der Waals surface area contributed by atoms with Crippen molar-refractivity contribution in [2.75, 3.05) is 0 Å². The molecule has 2 atom stereocenters. The largest absolute Gasteiger partial charge is 0.0836 e. The molecule has 0 heteroatoms. The maximum atomic E-state index is 2.56. The van der Waals surface area contributed by atoms with Crippen molar-refractivity contribution in [3.63, 3.8) is 0 Å². The molecule has 3 rings (SSSR count). The van der Waals surface area contributed by atoms with Gasteiger partial charge in [-0.15, -0.1) is 0 Å². The zero-order valence-electron chi connectivity index (χ0n) is 10.3. The molecule has 0 spiro atoms. The molecule has 1 fully saturated rings. The molecule has 2 unspecified atom stereocenters. The van der Waals surface area contributed by atoms with Gasteiger partial charge in [-0.3, -0.25) is 0 Å². The van der Waals surface area contributed by atoms with Crippen molar-refractivity contribution < 1.29 is 0 Å². The van der Waals surface area contributed by atoms with Gasteiger partial charge in [0.15, 0.2) is 0 Å². The van der Waals surface area contributed by atoms with Crippen LogP contribution in [-0.4, -0.2) is 0 Å². The molecule has 1 aromatic rings. The first-order valence-corrected chi connectivity index (χ1v) is 6.84. The first-order chi connectivity index (χ1) is 8.42. The molecule has 0 heterocycles. The van der Waals surface area contributed by atoms with Crippen LogP contribution in [0.5, 0.6) is 0 Å². The van der Waals surface area contributed by atoms with Crippen molar-refractivity contribution in [1.82, 2.24) is 0 Å². The summed E-state index contributed by atoms with van der Waals surface area (Å²) in [6, 6.07) is 10.6. The number of fused-ring (bicyclic) bond motifs is 2. The predicted molar refractivity (Wildman–Crippen MR) is 73.6 cm³/mol. The fraction of sp³-hybridized carbons (Fsp3) is 0.412. The van der Waals surface area contributed by atoms with Crippen molar-refractivity contribution in [2.24, 2.45) is 11.8 Å². The molecule has 2 bridgehead atoms. The van der Waals surface area contributed by atoms with Gasteiger partial charge in [0.05, 0.1) is 0 Å². The zero-order chi connectivity index (χ0) is 11.5. The summed E-state index contributed by atoms with van der Waals surface area (Å²) in [7, 11) is 0. The third-order valence-electron chi connectivity index (χ3n) is 4.16. The molecule has 0 radical (unpaired) electrons. The second kappa shape index (κ2) is 4.91. The van der Waals surface area contributed by atoms with Crippen LogP contribution in [0.1, 0.15) is 37.7 Å². The first kappa shape index (κ1) is 10.8. The van der Waals surface area contributed by atoms with Gasteiger partial charge in [-0.25, -0.2) is 0 Å². The Bertz CT molecular complexity index is 425. The van der Waals surface area contributed by atoms with Crippen molar-refractivity contribution in [3.05, 3.63) is 53.6 Å². The number of allylic oxidation sites excluding steroid dienone is 3. The topological polar surface area (TPSA) is 0 Å². The highest BCUT2D eigenvalue weighted by molar-refractivity contribution is 5.48. The Kier molecular flexibility index (Phi) is 3.13. The van der Waals surface area contributed by atoms with Crippen LogP contribution in [0.2, 0.25) is 0 Å². The monoisotopic (exact) mass is 224 g/mol. The number of hydrogen-bond acceptors (Lipinski definition) is 0. The van der Waals surface area contributed by atoms with Crippen LogP contribution in [-0.2, 0) is 0 Å². The Balaban J connectivity index is 1.50. The van der Waals surface area contributed by atoms with E-state index in [1.807, 2.05) is 0 Å². The van der Waals surface area contributed by atoms with Crippen LogP contribution < -0.4 is 0 Å². The SMILES string of the molecule is C(=Cc1ccccc1)CCC1=CC2CCC1C2. The summed E-state index contributed by atoms with van der Waals surface area (Å²) in [5, 5.41) is 0. The smallest absolute Gasteiger partial charge is 0.0197 e. The fourth-order valence-electron chi connectivity index (χ4n) is 3.26. The lowest BCUT2D eigenvalue weighted by Gasteiger charge is -2.11. The Labute approximate surface area is 104 Å². The summed E-state index contributed by atoms with van der Waals surface area (Å²) < 4.78 is 0. The van der Waals surface area contributed by atoms with Crippen LogP contribution in [0.25, 0.3) is 6.08 Å². The van der Waals surface area contributed by atoms with E-state index in [-0.39, 0.29) is 0 Å². The summed E-state index contributed by atoms with van der Waals surface area (Å²) in [5.41, 5.74) is 3.06. The summed E-state index contributed by atoms with van der Waals surface area (Å²) in [6.07, 6.45) is 14.0. The molecule has 1 aromatic carbocycles. The van der Waals surface area contributed by atoms with E-state index in [0.29, 0.717) is 0 Å². The number of benzene rings is 1. The summed E-state index contributed by atoms with van der Waals surface area (Å²) in [5.74, 6) is 1.89. The molecular formula is C17H20. The van der Waals surface area contributed by atoms with Crippen molar-refractivity contribution in [1.29, 1.82) is 0 Å². The van der Waals surface area contributed by atoms with E-state index in [1.54, 1.807) is 5.57 Å². The molecule has 0 aromatic heterocycles. The molecule has 17 heavy (non-hydrogen) atoms. The third kappa shape index (κ3) is 2.52. The maximum Gasteiger partial charge on any atom is -0.0197 e. The summed E-state index contributed by atoms with van der Waals surface area (Å²) >= 11 is 0. The minimum atomic E-state index is 0.938. The van der Waals surface area contributed by atoms with Gasteiger partial charge in [-0.1, -0.05) is 54.1 Å². The van der Waals surface area contributed by atoms with Gasteiger partial charge in [0.1, 0.15) is 0 Å². The molecule has 2 aliphatic carbocycles. The molecule has 0 nitrogen and oxygen atoms in total. The van der Waals surface area contributed by atoms with E-state index < -0.39 is 0 Å². The van der Waals surface area contributed by atoms with Crippen LogP contribution in [0.3, 0.4) is 0 Å². The summed E-state index contributed by atoms with van der Waals surface area (Å²) in [4.78, 5) is 0. The van der Waals surface area contributed by atoms with E-state index in [9.17, 15) is 0 Å². The van der Waals surface area contributed by atoms with E-state index in [2.05, 4.69) is 48.6 Å². The predicted octanol–water partition coefficient (Wildman–Crippen LogP) is 4.84. The van der Waals surface area contributed by atoms with Crippen LogP contribution in [0.15, 0.2) is 48.1 Å². The molecule has 0 saturated heterocycles. The van der Waals surface area contributed by atoms with Crippen LogP contribution >= 0.6 is 0 Å². The van der Waals surface area contributed by atoms with Crippen molar-refractivity contribution >= 4 is 6.08 Å². The van der Waals surface area contributed by atoms with Crippen molar-refractivity contribution in [2.45, 2.75) is 32.1 Å². The Morgan fingerprint density at radius 2 is 2.00 bits per heavy atom. The van der Waals surface area contributed by atoms with Gasteiger partial charge < -0.3 is 0 Å². The molecule has 0 aliphatic heterocycles. The van der Waals surface area contributed by atoms with Gasteiger partial charge in [-0.2, -0.15) is 0 Å². The van der Waals surface area contributed by atoms with Gasteiger partial charge in [-0.05, 0) is 49.5 Å². The quantitative estimate of drug-likeness (QED) is 0.642. The Morgan fingerprint density at radius 3 is 2.71 bits per heavy atom. The van der Waals surface area contributed by atoms with Gasteiger partial charge in [0.2, 0.25) is 0 Å². The lowest BCUT2D eigenvalue weighted by molar-refractivity contribution is 0.627. The minimum Gasteiger partial charge on any atom is -0.0836 e. The highest BCUT2D eigenvalue weighted by Crippen LogP contribution is 2.45. The van der Waals surface area contributed by atoms with E-state index in [1.165, 1.54) is 37.7 Å². The second-order valence-corrected chi connectivity index (χ2v) is 5.36. The van der Waals surface area contributed by atoms with Gasteiger partial charge in [0.25, 0.3) is 0 Å². The van der Waals surface area contributed by atoms with Crippen molar-refractivity contribution in [3.8, 4) is 0 Å². The molecular weight excluding hydrogens is 204 g/mol. The van der Waals surface area contributed by atoms with Gasteiger partial charge >= 0.3 is 0 Å². The van der Waals surface area contributed by atoms with E-state index in [4.69, 9.17) is 0 Å². The molecule has 2 aliphatic rings. The fourth-order valence-corrected chi connectivity index (χ4v) is 3.26. The highest BCUT2D eigenvalue weighted by Gasteiger charge is 2.31. The first-order valence-electron chi connectivity index (χ1n) is 6.84. The van der Waals surface area contributed by atoms with Crippen LogP contribution in [0.4, 0.5) is 0 Å². The van der Waals surface area contributed by atoms with Gasteiger partial charge in [0, 0.05) is 0 Å².